The minimum atomic E-state index is -0.140. The fraction of sp³-hybridized carbons (Fsp3) is 0.778. The number of nitrogens with zero attached hydrogens (tertiary/aromatic N) is 2. The molecule has 0 aromatic rings. The SMILES string of the molecule is CCNC(=O)CN(CC)C(=O)N(C)C. The molecule has 5 heteroatoms. The standard InChI is InChI=1S/C9H19N3O2/c1-5-10-8(13)7-12(6-2)9(14)11(3)4/h5-7H2,1-4H3,(H,10,13). The first-order valence-corrected chi connectivity index (χ1v) is 4.75. The molecule has 0 saturated carbocycles. The average Bonchev–Trinajstić information content (AvgIpc) is 2.13. The van der Waals surface area contributed by atoms with Gasteiger partial charge >= 0.3 is 6.03 Å². The van der Waals surface area contributed by atoms with Crippen LogP contribution in [-0.2, 0) is 4.79 Å². The summed E-state index contributed by atoms with van der Waals surface area (Å²) in [7, 11) is 3.34. The molecule has 0 aromatic heterocycles. The van der Waals surface area contributed by atoms with Gasteiger partial charge in [0, 0.05) is 27.2 Å². The Balaban J connectivity index is 4.15. The molecular formula is C9H19N3O2. The number of urea groups is 1. The van der Waals surface area contributed by atoms with Crippen LogP contribution in [-0.4, -0.2) is 55.5 Å². The van der Waals surface area contributed by atoms with Gasteiger partial charge in [0.25, 0.3) is 0 Å². The van der Waals surface area contributed by atoms with E-state index < -0.39 is 0 Å². The number of amides is 3. The smallest absolute Gasteiger partial charge is 0.319 e. The molecule has 0 fully saturated rings. The van der Waals surface area contributed by atoms with E-state index in [1.807, 2.05) is 13.8 Å². The topological polar surface area (TPSA) is 52.7 Å². The van der Waals surface area contributed by atoms with Crippen LogP contribution in [0.3, 0.4) is 0 Å². The van der Waals surface area contributed by atoms with Crippen LogP contribution in [0.15, 0.2) is 0 Å². The zero-order valence-electron chi connectivity index (χ0n) is 9.33. The van der Waals surface area contributed by atoms with Gasteiger partial charge in [0.2, 0.25) is 5.91 Å². The van der Waals surface area contributed by atoms with E-state index in [-0.39, 0.29) is 18.5 Å². The van der Waals surface area contributed by atoms with E-state index in [0.717, 1.165) is 0 Å². The Bertz CT molecular complexity index is 204. The summed E-state index contributed by atoms with van der Waals surface area (Å²) < 4.78 is 0. The van der Waals surface area contributed by atoms with Gasteiger partial charge in [-0.15, -0.1) is 0 Å². The van der Waals surface area contributed by atoms with Crippen LogP contribution in [0.2, 0.25) is 0 Å². The molecule has 0 heterocycles. The number of nitrogens with one attached hydrogen (secondary N) is 1. The maximum absolute atomic E-state index is 11.5. The molecule has 0 bridgehead atoms. The molecule has 82 valence electrons. The molecule has 0 rings (SSSR count). The van der Waals surface area contributed by atoms with Crippen molar-refractivity contribution in [2.24, 2.45) is 0 Å². The highest BCUT2D eigenvalue weighted by Crippen LogP contribution is 1.93. The summed E-state index contributed by atoms with van der Waals surface area (Å²) in [4.78, 5) is 25.7. The van der Waals surface area contributed by atoms with Crippen molar-refractivity contribution in [3.05, 3.63) is 0 Å². The van der Waals surface area contributed by atoms with Crippen molar-refractivity contribution in [3.8, 4) is 0 Å². The van der Waals surface area contributed by atoms with E-state index in [1.165, 1.54) is 9.80 Å². The van der Waals surface area contributed by atoms with Crippen molar-refractivity contribution in [3.63, 3.8) is 0 Å². The maximum atomic E-state index is 11.5. The van der Waals surface area contributed by atoms with Crippen LogP contribution in [0.25, 0.3) is 0 Å². The predicted molar refractivity (Wildman–Crippen MR) is 55.0 cm³/mol. The normalized spacial score (nSPS) is 9.43. The quantitative estimate of drug-likeness (QED) is 0.702. The zero-order chi connectivity index (χ0) is 11.1. The largest absolute Gasteiger partial charge is 0.355 e. The summed E-state index contributed by atoms with van der Waals surface area (Å²) in [6.07, 6.45) is 0. The molecule has 3 amide bonds. The Morgan fingerprint density at radius 3 is 2.14 bits per heavy atom. The monoisotopic (exact) mass is 201 g/mol. The van der Waals surface area contributed by atoms with Crippen molar-refractivity contribution in [2.45, 2.75) is 13.8 Å². The Morgan fingerprint density at radius 1 is 1.21 bits per heavy atom. The Labute approximate surface area is 85.1 Å². The second-order valence-corrected chi connectivity index (χ2v) is 3.14. The highest BCUT2D eigenvalue weighted by Gasteiger charge is 2.15. The summed E-state index contributed by atoms with van der Waals surface area (Å²) in [5, 5.41) is 2.65. The summed E-state index contributed by atoms with van der Waals surface area (Å²) in [6, 6.07) is -0.140. The number of carbonyl (C=O) groups is 2. The number of hydrogen-bond donors (Lipinski definition) is 1. The van der Waals surface area contributed by atoms with Crippen molar-refractivity contribution in [1.82, 2.24) is 15.1 Å². The molecule has 0 saturated heterocycles. The van der Waals surface area contributed by atoms with Gasteiger partial charge in [0.05, 0.1) is 0 Å². The molecule has 1 N–H and O–H groups in total. The van der Waals surface area contributed by atoms with Gasteiger partial charge in [-0.25, -0.2) is 4.79 Å². The predicted octanol–water partition coefficient (Wildman–Crippen LogP) is 0.126. The van der Waals surface area contributed by atoms with Gasteiger partial charge in [-0.1, -0.05) is 0 Å². The van der Waals surface area contributed by atoms with Gasteiger partial charge in [-0.05, 0) is 13.8 Å². The first kappa shape index (κ1) is 12.7. The first-order valence-electron chi connectivity index (χ1n) is 4.75. The van der Waals surface area contributed by atoms with E-state index in [1.54, 1.807) is 14.1 Å². The average molecular weight is 201 g/mol. The van der Waals surface area contributed by atoms with Crippen LogP contribution < -0.4 is 5.32 Å². The van der Waals surface area contributed by atoms with Gasteiger partial charge in [-0.3, -0.25) is 4.79 Å². The third-order valence-corrected chi connectivity index (χ3v) is 1.74. The Kier molecular flexibility index (Phi) is 5.67. The maximum Gasteiger partial charge on any atom is 0.319 e. The number of hydrogen-bond acceptors (Lipinski definition) is 2. The van der Waals surface area contributed by atoms with E-state index in [2.05, 4.69) is 5.32 Å². The highest BCUT2D eigenvalue weighted by atomic mass is 16.2. The number of likely N-dealkylation sites (N-methyl/N-ethyl adjacent to an activating group) is 2. The van der Waals surface area contributed by atoms with Gasteiger partial charge in [-0.2, -0.15) is 0 Å². The summed E-state index contributed by atoms with van der Waals surface area (Å²) in [6.45, 7) is 4.95. The van der Waals surface area contributed by atoms with Crippen LogP contribution in [0.5, 0.6) is 0 Å². The molecule has 0 aromatic carbocycles. The van der Waals surface area contributed by atoms with E-state index in [0.29, 0.717) is 13.1 Å². The van der Waals surface area contributed by atoms with Gasteiger partial charge in [0.15, 0.2) is 0 Å². The molecule has 5 nitrogen and oxygen atoms in total. The highest BCUT2D eigenvalue weighted by molar-refractivity contribution is 5.83. The lowest BCUT2D eigenvalue weighted by Gasteiger charge is -2.23. The third kappa shape index (κ3) is 4.11. The van der Waals surface area contributed by atoms with Crippen LogP contribution in [0, 0.1) is 0 Å². The van der Waals surface area contributed by atoms with Crippen molar-refractivity contribution < 1.29 is 9.59 Å². The second-order valence-electron chi connectivity index (χ2n) is 3.14. The molecule has 0 radical (unpaired) electrons. The molecular weight excluding hydrogens is 182 g/mol. The van der Waals surface area contributed by atoms with E-state index >= 15 is 0 Å². The van der Waals surface area contributed by atoms with Crippen LogP contribution in [0.4, 0.5) is 4.79 Å². The fourth-order valence-corrected chi connectivity index (χ4v) is 1.02. The Hall–Kier alpha value is -1.26. The minimum absolute atomic E-state index is 0.121. The summed E-state index contributed by atoms with van der Waals surface area (Å²) in [5.41, 5.74) is 0. The molecule has 14 heavy (non-hydrogen) atoms. The molecule has 0 aliphatic heterocycles. The van der Waals surface area contributed by atoms with Crippen molar-refractivity contribution in [1.29, 1.82) is 0 Å². The molecule has 0 atom stereocenters. The van der Waals surface area contributed by atoms with Crippen molar-refractivity contribution >= 4 is 11.9 Å². The molecule has 0 unspecified atom stereocenters. The van der Waals surface area contributed by atoms with E-state index in [4.69, 9.17) is 0 Å². The number of carbonyl (C=O) groups excluding carboxylic acids is 2. The Morgan fingerprint density at radius 2 is 1.79 bits per heavy atom. The van der Waals surface area contributed by atoms with Gasteiger partial charge < -0.3 is 15.1 Å². The van der Waals surface area contributed by atoms with Crippen molar-refractivity contribution in [2.75, 3.05) is 33.7 Å². The van der Waals surface area contributed by atoms with Gasteiger partial charge in [0.1, 0.15) is 6.54 Å². The second kappa shape index (κ2) is 6.23. The lowest BCUT2D eigenvalue weighted by Crippen LogP contribution is -2.44. The lowest BCUT2D eigenvalue weighted by atomic mass is 10.4. The zero-order valence-corrected chi connectivity index (χ0v) is 9.33. The summed E-state index contributed by atoms with van der Waals surface area (Å²) >= 11 is 0. The van der Waals surface area contributed by atoms with Crippen LogP contribution in [0.1, 0.15) is 13.8 Å². The fourth-order valence-electron chi connectivity index (χ4n) is 1.02. The lowest BCUT2D eigenvalue weighted by molar-refractivity contribution is -0.121. The van der Waals surface area contributed by atoms with Crippen LogP contribution >= 0.6 is 0 Å². The number of rotatable bonds is 4. The molecule has 0 spiro atoms. The summed E-state index contributed by atoms with van der Waals surface area (Å²) in [5.74, 6) is -0.121. The first-order chi connectivity index (χ1) is 6.52. The molecule has 0 aliphatic carbocycles. The molecule has 0 aliphatic rings. The third-order valence-electron chi connectivity index (χ3n) is 1.74. The van der Waals surface area contributed by atoms with E-state index in [9.17, 15) is 9.59 Å². The minimum Gasteiger partial charge on any atom is -0.355 e.